The summed E-state index contributed by atoms with van der Waals surface area (Å²) in [6.07, 6.45) is 3.37. The van der Waals surface area contributed by atoms with E-state index in [1.807, 2.05) is 42.5 Å². The number of fused-ring (bicyclic) bond motifs is 1. The summed E-state index contributed by atoms with van der Waals surface area (Å²) in [4.78, 5) is 25.1. The van der Waals surface area contributed by atoms with Gasteiger partial charge in [0, 0.05) is 17.9 Å². The fourth-order valence-electron chi connectivity index (χ4n) is 4.74. The Bertz CT molecular complexity index is 985. The second kappa shape index (κ2) is 9.23. The highest BCUT2D eigenvalue weighted by molar-refractivity contribution is 5.85. The van der Waals surface area contributed by atoms with Crippen molar-refractivity contribution in [3.8, 4) is 11.5 Å². The van der Waals surface area contributed by atoms with Crippen LogP contribution in [0.2, 0.25) is 0 Å². The summed E-state index contributed by atoms with van der Waals surface area (Å²) in [5.74, 6) is 0.130. The highest BCUT2D eigenvalue weighted by atomic mass is 16.6. The van der Waals surface area contributed by atoms with E-state index in [0.29, 0.717) is 31.6 Å². The van der Waals surface area contributed by atoms with Gasteiger partial charge in [-0.1, -0.05) is 49.7 Å². The SMILES string of the molecule is CCCc1c(OCc2ccccc2)ccc2c1OC(C(=O)OC)(C1CC1C(=O)OC)CC2. The number of carbonyl (C=O) groups is 2. The number of hydrogen-bond acceptors (Lipinski definition) is 6. The molecule has 3 unspecified atom stereocenters. The maximum absolute atomic E-state index is 13.0. The Hall–Kier alpha value is -3.02. The highest BCUT2D eigenvalue weighted by Gasteiger charge is 2.64. The number of rotatable bonds is 8. The van der Waals surface area contributed by atoms with Crippen LogP contribution in [0.25, 0.3) is 0 Å². The van der Waals surface area contributed by atoms with Crippen LogP contribution in [0.4, 0.5) is 0 Å². The Kier molecular flexibility index (Phi) is 6.40. The maximum atomic E-state index is 13.0. The van der Waals surface area contributed by atoms with Gasteiger partial charge in [0.2, 0.25) is 5.60 Å². The summed E-state index contributed by atoms with van der Waals surface area (Å²) in [6, 6.07) is 14.0. The van der Waals surface area contributed by atoms with E-state index in [0.717, 1.165) is 35.3 Å². The molecule has 1 heterocycles. The molecule has 1 aliphatic heterocycles. The van der Waals surface area contributed by atoms with Crippen molar-refractivity contribution >= 4 is 11.9 Å². The van der Waals surface area contributed by atoms with Crippen molar-refractivity contribution in [2.75, 3.05) is 14.2 Å². The molecule has 2 aromatic rings. The maximum Gasteiger partial charge on any atom is 0.350 e. The summed E-state index contributed by atoms with van der Waals surface area (Å²) in [5.41, 5.74) is 1.91. The molecular weight excluding hydrogens is 408 g/mol. The molecule has 6 nitrogen and oxygen atoms in total. The standard InChI is InChI=1S/C26H30O6/c1-4-8-19-22(31-16-17-9-6-5-7-10-17)12-11-18-13-14-26(25(28)30-3,32-23(18)19)21-15-20(21)24(27)29-2/h5-7,9-12,20-21H,4,8,13-16H2,1-3H3. The van der Waals surface area contributed by atoms with E-state index in [1.165, 1.54) is 14.2 Å². The number of aryl methyl sites for hydroxylation is 1. The third-order valence-electron chi connectivity index (χ3n) is 6.51. The molecule has 0 bridgehead atoms. The molecule has 1 aliphatic carbocycles. The van der Waals surface area contributed by atoms with Crippen LogP contribution in [-0.4, -0.2) is 31.8 Å². The fraction of sp³-hybridized carbons (Fsp3) is 0.462. The van der Waals surface area contributed by atoms with Crippen LogP contribution in [0.1, 0.15) is 42.9 Å². The lowest BCUT2D eigenvalue weighted by molar-refractivity contribution is -0.164. The van der Waals surface area contributed by atoms with E-state index in [1.54, 1.807) is 0 Å². The zero-order valence-corrected chi connectivity index (χ0v) is 18.9. The first-order valence-electron chi connectivity index (χ1n) is 11.2. The quantitative estimate of drug-likeness (QED) is 0.574. The second-order valence-electron chi connectivity index (χ2n) is 8.51. The first-order chi connectivity index (χ1) is 15.5. The van der Waals surface area contributed by atoms with Crippen LogP contribution < -0.4 is 9.47 Å². The van der Waals surface area contributed by atoms with Crippen LogP contribution in [0.3, 0.4) is 0 Å². The molecule has 4 rings (SSSR count). The molecule has 3 atom stereocenters. The lowest BCUT2D eigenvalue weighted by Gasteiger charge is -2.38. The number of benzene rings is 2. The topological polar surface area (TPSA) is 71.1 Å². The summed E-state index contributed by atoms with van der Waals surface area (Å²) in [7, 11) is 2.74. The fourth-order valence-corrected chi connectivity index (χ4v) is 4.74. The van der Waals surface area contributed by atoms with Gasteiger partial charge in [0.05, 0.1) is 20.1 Å². The van der Waals surface area contributed by atoms with Crippen molar-refractivity contribution in [2.24, 2.45) is 11.8 Å². The Morgan fingerprint density at radius 3 is 2.56 bits per heavy atom. The average molecular weight is 439 g/mol. The third-order valence-corrected chi connectivity index (χ3v) is 6.51. The van der Waals surface area contributed by atoms with Crippen LogP contribution in [-0.2, 0) is 38.5 Å². The molecular formula is C26H30O6. The number of carbonyl (C=O) groups excluding carboxylic acids is 2. The van der Waals surface area contributed by atoms with Gasteiger partial charge in [-0.2, -0.15) is 0 Å². The third kappa shape index (κ3) is 4.06. The minimum atomic E-state index is -1.18. The minimum Gasteiger partial charge on any atom is -0.488 e. The van der Waals surface area contributed by atoms with E-state index in [9.17, 15) is 9.59 Å². The van der Waals surface area contributed by atoms with Gasteiger partial charge in [0.25, 0.3) is 0 Å². The summed E-state index contributed by atoms with van der Waals surface area (Å²) < 4.78 is 22.8. The predicted octanol–water partition coefficient (Wildman–Crippen LogP) is 4.26. The van der Waals surface area contributed by atoms with Crippen molar-refractivity contribution in [1.29, 1.82) is 0 Å². The molecule has 0 saturated heterocycles. The Labute approximate surface area is 188 Å². The molecule has 32 heavy (non-hydrogen) atoms. The highest BCUT2D eigenvalue weighted by Crippen LogP contribution is 2.54. The van der Waals surface area contributed by atoms with Gasteiger partial charge >= 0.3 is 11.9 Å². The normalized spacial score (nSPS) is 23.5. The molecule has 6 heteroatoms. The second-order valence-corrected chi connectivity index (χ2v) is 8.51. The summed E-state index contributed by atoms with van der Waals surface area (Å²) in [6.45, 7) is 2.55. The van der Waals surface area contributed by atoms with E-state index in [4.69, 9.17) is 18.9 Å². The summed E-state index contributed by atoms with van der Waals surface area (Å²) >= 11 is 0. The number of esters is 2. The molecule has 0 amide bonds. The van der Waals surface area contributed by atoms with E-state index >= 15 is 0 Å². The number of ether oxygens (including phenoxy) is 4. The van der Waals surface area contributed by atoms with Crippen molar-refractivity contribution < 1.29 is 28.5 Å². The number of methoxy groups -OCH3 is 2. The smallest absolute Gasteiger partial charge is 0.350 e. The monoisotopic (exact) mass is 438 g/mol. The lowest BCUT2D eigenvalue weighted by Crippen LogP contribution is -2.51. The van der Waals surface area contributed by atoms with Gasteiger partial charge in [-0.05, 0) is 36.5 Å². The van der Waals surface area contributed by atoms with E-state index in [-0.39, 0.29) is 17.8 Å². The molecule has 1 saturated carbocycles. The van der Waals surface area contributed by atoms with Crippen LogP contribution in [0.5, 0.6) is 11.5 Å². The average Bonchev–Trinajstić information content (AvgIpc) is 3.64. The van der Waals surface area contributed by atoms with Crippen molar-refractivity contribution in [1.82, 2.24) is 0 Å². The molecule has 2 aromatic carbocycles. The van der Waals surface area contributed by atoms with Gasteiger partial charge in [-0.3, -0.25) is 4.79 Å². The van der Waals surface area contributed by atoms with Gasteiger partial charge in [-0.15, -0.1) is 0 Å². The molecule has 0 N–H and O–H groups in total. The molecule has 1 fully saturated rings. The Balaban J connectivity index is 1.66. The molecule has 0 radical (unpaired) electrons. The zero-order chi connectivity index (χ0) is 22.7. The van der Waals surface area contributed by atoms with Crippen LogP contribution in [0, 0.1) is 11.8 Å². The van der Waals surface area contributed by atoms with Crippen molar-refractivity contribution in [3.63, 3.8) is 0 Å². The van der Waals surface area contributed by atoms with Crippen LogP contribution in [0.15, 0.2) is 42.5 Å². The lowest BCUT2D eigenvalue weighted by atomic mass is 9.84. The molecule has 2 aliphatic rings. The zero-order valence-electron chi connectivity index (χ0n) is 18.9. The van der Waals surface area contributed by atoms with Gasteiger partial charge in [-0.25, -0.2) is 4.79 Å². The minimum absolute atomic E-state index is 0.251. The van der Waals surface area contributed by atoms with Crippen molar-refractivity contribution in [3.05, 3.63) is 59.2 Å². The van der Waals surface area contributed by atoms with E-state index in [2.05, 4.69) is 6.92 Å². The summed E-state index contributed by atoms with van der Waals surface area (Å²) in [5, 5.41) is 0. The molecule has 0 spiro atoms. The predicted molar refractivity (Wildman–Crippen MR) is 119 cm³/mol. The van der Waals surface area contributed by atoms with Gasteiger partial charge in [0.1, 0.15) is 18.1 Å². The van der Waals surface area contributed by atoms with Gasteiger partial charge in [0.15, 0.2) is 0 Å². The molecule has 170 valence electrons. The Morgan fingerprint density at radius 1 is 1.09 bits per heavy atom. The van der Waals surface area contributed by atoms with Crippen LogP contribution >= 0.6 is 0 Å². The Morgan fingerprint density at radius 2 is 1.88 bits per heavy atom. The largest absolute Gasteiger partial charge is 0.488 e. The number of hydrogen-bond donors (Lipinski definition) is 0. The molecule has 0 aromatic heterocycles. The van der Waals surface area contributed by atoms with Crippen molar-refractivity contribution in [2.45, 2.75) is 51.2 Å². The first kappa shape index (κ1) is 22.2. The van der Waals surface area contributed by atoms with Gasteiger partial charge < -0.3 is 18.9 Å². The first-order valence-corrected chi connectivity index (χ1v) is 11.2. The van der Waals surface area contributed by atoms with E-state index < -0.39 is 11.6 Å².